The van der Waals surface area contributed by atoms with Crippen molar-refractivity contribution in [2.24, 2.45) is 0 Å². The van der Waals surface area contributed by atoms with Gasteiger partial charge in [0.05, 0.1) is 19.8 Å². The Morgan fingerprint density at radius 2 is 1.69 bits per heavy atom. The van der Waals surface area contributed by atoms with E-state index >= 15 is 0 Å². The van der Waals surface area contributed by atoms with Crippen molar-refractivity contribution in [3.63, 3.8) is 0 Å². The van der Waals surface area contributed by atoms with Crippen LogP contribution in [0.3, 0.4) is 0 Å². The zero-order chi connectivity index (χ0) is 21.1. The van der Waals surface area contributed by atoms with Gasteiger partial charge in [-0.2, -0.15) is 0 Å². The zero-order valence-electron chi connectivity index (χ0n) is 17.3. The molecule has 0 aliphatic carbocycles. The van der Waals surface area contributed by atoms with Crippen LogP contribution in [0.2, 0.25) is 0 Å². The van der Waals surface area contributed by atoms with E-state index in [0.29, 0.717) is 24.4 Å². The lowest BCUT2D eigenvalue weighted by Gasteiger charge is -2.14. The van der Waals surface area contributed by atoms with Crippen LogP contribution in [0.25, 0.3) is 11.1 Å². The lowest BCUT2D eigenvalue weighted by atomic mass is 9.97. The molecule has 0 aliphatic rings. The number of esters is 1. The first-order chi connectivity index (χ1) is 14.0. The van der Waals surface area contributed by atoms with Crippen molar-refractivity contribution in [2.45, 2.75) is 33.1 Å². The molecule has 0 heterocycles. The topological polar surface area (TPSA) is 65.0 Å². The Morgan fingerprint density at radius 3 is 2.34 bits per heavy atom. The molecular weight excluding hydrogens is 368 g/mol. The molecule has 5 nitrogen and oxygen atoms in total. The van der Waals surface area contributed by atoms with E-state index < -0.39 is 0 Å². The predicted octanol–water partition coefficient (Wildman–Crippen LogP) is 4.57. The van der Waals surface area contributed by atoms with Gasteiger partial charge in [0.15, 0.2) is 0 Å². The van der Waals surface area contributed by atoms with E-state index in [2.05, 4.69) is 13.5 Å². The minimum Gasteiger partial charge on any atom is -0.494 e. The van der Waals surface area contributed by atoms with E-state index in [1.807, 2.05) is 42.5 Å². The maximum atomic E-state index is 11.7. The first-order valence-corrected chi connectivity index (χ1v) is 9.97. The molecule has 0 radical (unpaired) electrons. The molecule has 2 aromatic carbocycles. The molecule has 2 rings (SSSR count). The minimum atomic E-state index is -0.382. The van der Waals surface area contributed by atoms with Gasteiger partial charge in [-0.25, -0.2) is 4.79 Å². The lowest BCUT2D eigenvalue weighted by molar-refractivity contribution is -0.138. The van der Waals surface area contributed by atoms with Gasteiger partial charge in [-0.15, -0.1) is 0 Å². The SMILES string of the molecule is C=C(C)C(=O)OCCc1cc(OCCCC)ccc1-c1ccc(OCCO)cc1. The summed E-state index contributed by atoms with van der Waals surface area (Å²) in [6, 6.07) is 13.7. The van der Waals surface area contributed by atoms with Crippen LogP contribution in [0.5, 0.6) is 11.5 Å². The average Bonchev–Trinajstić information content (AvgIpc) is 2.73. The molecule has 5 heteroatoms. The number of aliphatic hydroxyl groups is 1. The summed E-state index contributed by atoms with van der Waals surface area (Å²) in [7, 11) is 0. The van der Waals surface area contributed by atoms with E-state index in [-0.39, 0.29) is 25.8 Å². The summed E-state index contributed by atoms with van der Waals surface area (Å²) >= 11 is 0. The van der Waals surface area contributed by atoms with E-state index in [1.165, 1.54) is 0 Å². The molecule has 2 aromatic rings. The predicted molar refractivity (Wildman–Crippen MR) is 114 cm³/mol. The van der Waals surface area contributed by atoms with Crippen LogP contribution in [-0.4, -0.2) is 37.5 Å². The van der Waals surface area contributed by atoms with Crippen molar-refractivity contribution in [3.8, 4) is 22.6 Å². The van der Waals surface area contributed by atoms with Crippen LogP contribution in [0, 0.1) is 0 Å². The standard InChI is InChI=1S/C24H30O5/c1-4-5-14-27-22-10-11-23(19-6-8-21(9-7-19)28-16-13-25)20(17-22)12-15-29-24(26)18(2)3/h6-11,17,25H,2,4-5,12-16H2,1,3H3. The Kier molecular flexibility index (Phi) is 9.25. The van der Waals surface area contributed by atoms with Crippen LogP contribution in [0.4, 0.5) is 0 Å². The fourth-order valence-electron chi connectivity index (χ4n) is 2.75. The summed E-state index contributed by atoms with van der Waals surface area (Å²) in [4.78, 5) is 11.7. The molecule has 0 fully saturated rings. The molecule has 29 heavy (non-hydrogen) atoms. The van der Waals surface area contributed by atoms with Crippen LogP contribution < -0.4 is 9.47 Å². The summed E-state index contributed by atoms with van der Waals surface area (Å²) in [5.74, 6) is 1.14. The van der Waals surface area contributed by atoms with E-state index in [4.69, 9.17) is 19.3 Å². The van der Waals surface area contributed by atoms with Crippen molar-refractivity contribution in [2.75, 3.05) is 26.4 Å². The number of hydrogen-bond acceptors (Lipinski definition) is 5. The Hall–Kier alpha value is -2.79. The number of aliphatic hydroxyl groups excluding tert-OH is 1. The Labute approximate surface area is 172 Å². The fourth-order valence-corrected chi connectivity index (χ4v) is 2.75. The first kappa shape index (κ1) is 22.5. The molecule has 0 spiro atoms. The molecule has 0 aliphatic heterocycles. The van der Waals surface area contributed by atoms with Gasteiger partial charge in [0.25, 0.3) is 0 Å². The number of carbonyl (C=O) groups excluding carboxylic acids is 1. The smallest absolute Gasteiger partial charge is 0.333 e. The van der Waals surface area contributed by atoms with E-state index in [9.17, 15) is 4.79 Å². The second-order valence-corrected chi connectivity index (χ2v) is 6.78. The Bertz CT molecular complexity index is 795. The normalized spacial score (nSPS) is 10.4. The molecule has 156 valence electrons. The van der Waals surface area contributed by atoms with Crippen molar-refractivity contribution in [1.29, 1.82) is 0 Å². The van der Waals surface area contributed by atoms with Crippen molar-refractivity contribution >= 4 is 5.97 Å². The van der Waals surface area contributed by atoms with Gasteiger partial charge in [-0.1, -0.05) is 38.1 Å². The molecular formula is C24H30O5. The lowest BCUT2D eigenvalue weighted by Crippen LogP contribution is -2.08. The second-order valence-electron chi connectivity index (χ2n) is 6.78. The van der Waals surface area contributed by atoms with Gasteiger partial charge in [-0.3, -0.25) is 0 Å². The third-order valence-corrected chi connectivity index (χ3v) is 4.32. The number of rotatable bonds is 12. The summed E-state index contributed by atoms with van der Waals surface area (Å²) in [6.45, 7) is 8.57. The van der Waals surface area contributed by atoms with E-state index in [0.717, 1.165) is 35.3 Å². The third kappa shape index (κ3) is 7.27. The van der Waals surface area contributed by atoms with Gasteiger partial charge < -0.3 is 19.3 Å². The third-order valence-electron chi connectivity index (χ3n) is 4.32. The highest BCUT2D eigenvalue weighted by Gasteiger charge is 2.10. The quantitative estimate of drug-likeness (QED) is 0.322. The van der Waals surface area contributed by atoms with Gasteiger partial charge >= 0.3 is 5.97 Å². The van der Waals surface area contributed by atoms with E-state index in [1.54, 1.807) is 6.92 Å². The van der Waals surface area contributed by atoms with Crippen LogP contribution in [-0.2, 0) is 16.0 Å². The average molecular weight is 398 g/mol. The molecule has 0 bridgehead atoms. The number of ether oxygens (including phenoxy) is 3. The summed E-state index contributed by atoms with van der Waals surface area (Å²) in [5.41, 5.74) is 3.51. The van der Waals surface area contributed by atoms with Gasteiger partial charge in [0, 0.05) is 12.0 Å². The van der Waals surface area contributed by atoms with Crippen molar-refractivity contribution in [1.82, 2.24) is 0 Å². The molecule has 0 saturated heterocycles. The number of unbranched alkanes of at least 4 members (excludes halogenated alkanes) is 1. The minimum absolute atomic E-state index is 0.0195. The number of hydrogen-bond donors (Lipinski definition) is 1. The Balaban J connectivity index is 2.19. The highest BCUT2D eigenvalue weighted by atomic mass is 16.5. The monoisotopic (exact) mass is 398 g/mol. The van der Waals surface area contributed by atoms with Crippen LogP contribution in [0.1, 0.15) is 32.3 Å². The fraction of sp³-hybridized carbons (Fsp3) is 0.375. The molecule has 0 unspecified atom stereocenters. The zero-order valence-corrected chi connectivity index (χ0v) is 17.3. The summed E-state index contributed by atoms with van der Waals surface area (Å²) in [6.07, 6.45) is 2.65. The Morgan fingerprint density at radius 1 is 1.00 bits per heavy atom. The molecule has 0 amide bonds. The van der Waals surface area contributed by atoms with Gasteiger partial charge in [0.2, 0.25) is 0 Å². The second kappa shape index (κ2) is 11.9. The van der Waals surface area contributed by atoms with Crippen molar-refractivity contribution < 1.29 is 24.1 Å². The van der Waals surface area contributed by atoms with Crippen molar-refractivity contribution in [3.05, 3.63) is 60.2 Å². The maximum absolute atomic E-state index is 11.7. The van der Waals surface area contributed by atoms with Gasteiger partial charge in [-0.05, 0) is 54.3 Å². The highest BCUT2D eigenvalue weighted by Crippen LogP contribution is 2.29. The number of carbonyl (C=O) groups is 1. The van der Waals surface area contributed by atoms with Gasteiger partial charge in [0.1, 0.15) is 18.1 Å². The highest BCUT2D eigenvalue weighted by molar-refractivity contribution is 5.86. The largest absolute Gasteiger partial charge is 0.494 e. The van der Waals surface area contributed by atoms with Crippen LogP contribution in [0.15, 0.2) is 54.6 Å². The molecule has 1 N–H and O–H groups in total. The molecule has 0 atom stereocenters. The molecule has 0 saturated carbocycles. The summed E-state index contributed by atoms with van der Waals surface area (Å²) in [5, 5.41) is 8.88. The molecule has 0 aromatic heterocycles. The summed E-state index contributed by atoms with van der Waals surface area (Å²) < 4.78 is 16.5. The maximum Gasteiger partial charge on any atom is 0.333 e. The number of benzene rings is 2. The van der Waals surface area contributed by atoms with Crippen LogP contribution >= 0.6 is 0 Å². The first-order valence-electron chi connectivity index (χ1n) is 9.97.